The van der Waals surface area contributed by atoms with Gasteiger partial charge in [-0.1, -0.05) is 11.6 Å². The highest BCUT2D eigenvalue weighted by Gasteiger charge is 2.14. The number of nitrogens with two attached hydrogens (primary N) is 1. The lowest BCUT2D eigenvalue weighted by Gasteiger charge is -2.12. The maximum absolute atomic E-state index is 11.4. The Balaban J connectivity index is 0.00000225. The van der Waals surface area contributed by atoms with E-state index in [1.807, 2.05) is 6.07 Å². The molecule has 0 spiro atoms. The van der Waals surface area contributed by atoms with Crippen LogP contribution in [0.25, 0.3) is 0 Å². The molecule has 0 aliphatic heterocycles. The van der Waals surface area contributed by atoms with Gasteiger partial charge in [-0.3, -0.25) is 4.79 Å². The third-order valence-electron chi connectivity index (χ3n) is 1.86. The molecule has 0 fully saturated rings. The fourth-order valence-corrected chi connectivity index (χ4v) is 2.07. The van der Waals surface area contributed by atoms with Crippen LogP contribution in [0.3, 0.4) is 0 Å². The van der Waals surface area contributed by atoms with Crippen LogP contribution in [0.4, 0.5) is 0 Å². The first kappa shape index (κ1) is 15.7. The lowest BCUT2D eigenvalue weighted by molar-refractivity contribution is -0.130. The minimum Gasteiger partial charge on any atom is -0.370 e. The molecular formula is C9H14Cl2N2O2S. The second-order valence-electron chi connectivity index (χ2n) is 2.88. The summed E-state index contributed by atoms with van der Waals surface area (Å²) in [6.07, 6.45) is -0.583. The number of carbonyl (C=O) groups excluding carboxylic acids is 1. The van der Waals surface area contributed by atoms with Crippen LogP contribution in [0.2, 0.25) is 4.34 Å². The molecule has 0 aromatic carbocycles. The maximum atomic E-state index is 11.4. The molecule has 0 aliphatic carbocycles. The number of rotatable bonds is 5. The summed E-state index contributed by atoms with van der Waals surface area (Å²) < 4.78 is 5.60. The number of hydrogen-bond donors (Lipinski definition) is 2. The highest BCUT2D eigenvalue weighted by Crippen LogP contribution is 2.20. The predicted molar refractivity (Wildman–Crippen MR) is 68.3 cm³/mol. The fraction of sp³-hybridized carbons (Fsp3) is 0.444. The molecule has 1 amide bonds. The van der Waals surface area contributed by atoms with Crippen molar-refractivity contribution >= 4 is 41.3 Å². The van der Waals surface area contributed by atoms with E-state index in [1.54, 1.807) is 6.07 Å². The fourth-order valence-electron chi connectivity index (χ4n) is 1.05. The van der Waals surface area contributed by atoms with E-state index in [0.717, 1.165) is 4.88 Å². The van der Waals surface area contributed by atoms with Gasteiger partial charge in [-0.05, 0) is 12.1 Å². The quantitative estimate of drug-likeness (QED) is 0.859. The van der Waals surface area contributed by atoms with Gasteiger partial charge in [0.1, 0.15) is 6.10 Å². The highest BCUT2D eigenvalue weighted by atomic mass is 35.5. The molecule has 92 valence electrons. The summed E-state index contributed by atoms with van der Waals surface area (Å²) in [5.74, 6) is -0.204. The van der Waals surface area contributed by atoms with Crippen molar-refractivity contribution in [3.63, 3.8) is 0 Å². The smallest absolute Gasteiger partial charge is 0.250 e. The van der Waals surface area contributed by atoms with Crippen LogP contribution in [0.15, 0.2) is 12.1 Å². The van der Waals surface area contributed by atoms with Gasteiger partial charge in [0.2, 0.25) is 0 Å². The van der Waals surface area contributed by atoms with Crippen LogP contribution in [-0.2, 0) is 16.1 Å². The molecule has 4 nitrogen and oxygen atoms in total. The number of halogens is 2. The van der Waals surface area contributed by atoms with Crippen LogP contribution in [0.1, 0.15) is 4.88 Å². The van der Waals surface area contributed by atoms with Crippen molar-refractivity contribution in [1.82, 2.24) is 5.32 Å². The zero-order chi connectivity index (χ0) is 11.3. The van der Waals surface area contributed by atoms with Crippen LogP contribution >= 0.6 is 35.3 Å². The molecule has 1 rings (SSSR count). The standard InChI is InChI=1S/C9H13ClN2O2S.ClH/c1-14-7(4-11)9(13)12-5-6-2-3-8(10)15-6;/h2-3,7H,4-5,11H2,1H3,(H,12,13);1H. The predicted octanol–water partition coefficient (Wildman–Crippen LogP) is 1.41. The summed E-state index contributed by atoms with van der Waals surface area (Å²) in [5, 5.41) is 2.72. The van der Waals surface area contributed by atoms with Crippen molar-refractivity contribution in [2.75, 3.05) is 13.7 Å². The third kappa shape index (κ3) is 4.67. The Kier molecular flexibility index (Phi) is 7.70. The van der Waals surface area contributed by atoms with Crippen molar-refractivity contribution < 1.29 is 9.53 Å². The lowest BCUT2D eigenvalue weighted by Crippen LogP contribution is -2.40. The number of hydrogen-bond acceptors (Lipinski definition) is 4. The van der Waals surface area contributed by atoms with Crippen molar-refractivity contribution in [3.8, 4) is 0 Å². The Hall–Kier alpha value is -0.330. The molecule has 0 saturated heterocycles. The van der Waals surface area contributed by atoms with Crippen LogP contribution in [0.5, 0.6) is 0 Å². The van der Waals surface area contributed by atoms with Gasteiger partial charge in [0, 0.05) is 18.5 Å². The van der Waals surface area contributed by atoms with Gasteiger partial charge in [0.15, 0.2) is 0 Å². The topological polar surface area (TPSA) is 64.3 Å². The zero-order valence-electron chi connectivity index (χ0n) is 8.73. The van der Waals surface area contributed by atoms with Crippen molar-refractivity contribution in [2.45, 2.75) is 12.6 Å². The largest absolute Gasteiger partial charge is 0.370 e. The second kappa shape index (κ2) is 7.86. The number of methoxy groups -OCH3 is 1. The van der Waals surface area contributed by atoms with Gasteiger partial charge in [0.05, 0.1) is 10.9 Å². The first-order chi connectivity index (χ1) is 7.17. The Morgan fingerprint density at radius 1 is 1.69 bits per heavy atom. The first-order valence-corrected chi connectivity index (χ1v) is 5.61. The molecule has 1 unspecified atom stereocenters. The maximum Gasteiger partial charge on any atom is 0.250 e. The van der Waals surface area contributed by atoms with E-state index in [-0.39, 0.29) is 24.9 Å². The normalized spacial score (nSPS) is 11.7. The van der Waals surface area contributed by atoms with Gasteiger partial charge in [-0.2, -0.15) is 0 Å². The van der Waals surface area contributed by atoms with Crippen molar-refractivity contribution in [2.24, 2.45) is 5.73 Å². The molecule has 1 aromatic rings. The Morgan fingerprint density at radius 3 is 2.81 bits per heavy atom. The molecule has 16 heavy (non-hydrogen) atoms. The number of carbonyl (C=O) groups is 1. The first-order valence-electron chi connectivity index (χ1n) is 4.42. The number of amides is 1. The second-order valence-corrected chi connectivity index (χ2v) is 4.68. The van der Waals surface area contributed by atoms with Crippen molar-refractivity contribution in [3.05, 3.63) is 21.3 Å². The monoisotopic (exact) mass is 284 g/mol. The van der Waals surface area contributed by atoms with E-state index in [1.165, 1.54) is 18.4 Å². The molecule has 3 N–H and O–H groups in total. The minimum atomic E-state index is -0.583. The molecule has 7 heteroatoms. The van der Waals surface area contributed by atoms with Gasteiger partial charge in [-0.25, -0.2) is 0 Å². The molecule has 1 atom stereocenters. The highest BCUT2D eigenvalue weighted by molar-refractivity contribution is 7.16. The van der Waals surface area contributed by atoms with E-state index in [2.05, 4.69) is 5.32 Å². The number of ether oxygens (including phenoxy) is 1. The van der Waals surface area contributed by atoms with E-state index >= 15 is 0 Å². The molecule has 0 aliphatic rings. The molecule has 1 aromatic heterocycles. The molecule has 1 heterocycles. The zero-order valence-corrected chi connectivity index (χ0v) is 11.1. The number of thiophene rings is 1. The van der Waals surface area contributed by atoms with Gasteiger partial charge < -0.3 is 15.8 Å². The molecule has 0 bridgehead atoms. The molecular weight excluding hydrogens is 271 g/mol. The lowest BCUT2D eigenvalue weighted by atomic mass is 10.3. The van der Waals surface area contributed by atoms with E-state index in [0.29, 0.717) is 10.9 Å². The molecule has 0 radical (unpaired) electrons. The Morgan fingerprint density at radius 2 is 2.38 bits per heavy atom. The Bertz CT molecular complexity index is 329. The average Bonchev–Trinajstić information content (AvgIpc) is 2.63. The summed E-state index contributed by atoms with van der Waals surface area (Å²) in [5.41, 5.74) is 5.35. The van der Waals surface area contributed by atoms with E-state index < -0.39 is 6.10 Å². The van der Waals surface area contributed by atoms with Crippen LogP contribution in [0, 0.1) is 0 Å². The van der Waals surface area contributed by atoms with Gasteiger partial charge in [-0.15, -0.1) is 23.7 Å². The van der Waals surface area contributed by atoms with Gasteiger partial charge in [0.25, 0.3) is 5.91 Å². The van der Waals surface area contributed by atoms with Crippen LogP contribution < -0.4 is 11.1 Å². The summed E-state index contributed by atoms with van der Waals surface area (Å²) in [4.78, 5) is 12.4. The average molecular weight is 285 g/mol. The van der Waals surface area contributed by atoms with Crippen molar-refractivity contribution in [1.29, 1.82) is 0 Å². The minimum absolute atomic E-state index is 0. The Labute approximate surface area is 110 Å². The third-order valence-corrected chi connectivity index (χ3v) is 3.09. The van der Waals surface area contributed by atoms with E-state index in [9.17, 15) is 4.79 Å². The van der Waals surface area contributed by atoms with E-state index in [4.69, 9.17) is 22.1 Å². The summed E-state index contributed by atoms with van der Waals surface area (Å²) >= 11 is 7.19. The van der Waals surface area contributed by atoms with Crippen LogP contribution in [-0.4, -0.2) is 25.7 Å². The summed E-state index contributed by atoms with van der Waals surface area (Å²) in [6.45, 7) is 0.629. The SMILES string of the molecule is COC(CN)C(=O)NCc1ccc(Cl)s1.Cl. The van der Waals surface area contributed by atoms with Gasteiger partial charge >= 0.3 is 0 Å². The number of nitrogens with one attached hydrogen (secondary N) is 1. The summed E-state index contributed by atoms with van der Waals surface area (Å²) in [6, 6.07) is 3.67. The summed E-state index contributed by atoms with van der Waals surface area (Å²) in [7, 11) is 1.46. The molecule has 0 saturated carbocycles.